The van der Waals surface area contributed by atoms with Gasteiger partial charge in [0.05, 0.1) is 12.7 Å². The predicted octanol–water partition coefficient (Wildman–Crippen LogP) is 1.14. The molecule has 96 valence electrons. The van der Waals surface area contributed by atoms with Crippen molar-refractivity contribution in [3.63, 3.8) is 0 Å². The molecule has 0 aromatic carbocycles. The smallest absolute Gasteiger partial charge is 0.228 e. The van der Waals surface area contributed by atoms with Gasteiger partial charge in [-0.25, -0.2) is 9.97 Å². The molecule has 0 aliphatic carbocycles. The van der Waals surface area contributed by atoms with E-state index in [1.54, 1.807) is 14.0 Å². The summed E-state index contributed by atoms with van der Waals surface area (Å²) >= 11 is 0. The highest BCUT2D eigenvalue weighted by molar-refractivity contribution is 5.47. The Bertz CT molecular complexity index is 526. The number of rotatable bonds is 5. The lowest BCUT2D eigenvalue weighted by Crippen LogP contribution is -2.09. The molecule has 0 radical (unpaired) electrons. The van der Waals surface area contributed by atoms with Gasteiger partial charge in [0.2, 0.25) is 11.8 Å². The molecule has 0 aliphatic rings. The molecule has 0 saturated heterocycles. The predicted molar refractivity (Wildman–Crippen MR) is 64.5 cm³/mol. The largest absolute Gasteiger partial charge is 0.481 e. The van der Waals surface area contributed by atoms with Gasteiger partial charge in [-0.2, -0.15) is 4.98 Å². The van der Waals surface area contributed by atoms with Gasteiger partial charge < -0.3 is 14.6 Å². The van der Waals surface area contributed by atoms with E-state index in [0.29, 0.717) is 30.6 Å². The van der Waals surface area contributed by atoms with Crippen LogP contribution in [0, 0.1) is 13.8 Å². The molecule has 1 N–H and O–H groups in total. The summed E-state index contributed by atoms with van der Waals surface area (Å²) in [6.45, 7) is 4.35. The van der Waals surface area contributed by atoms with Gasteiger partial charge in [-0.1, -0.05) is 5.16 Å². The summed E-state index contributed by atoms with van der Waals surface area (Å²) in [7, 11) is 1.58. The monoisotopic (exact) mass is 249 g/mol. The van der Waals surface area contributed by atoms with Gasteiger partial charge in [-0.15, -0.1) is 0 Å². The zero-order chi connectivity index (χ0) is 13.0. The Hall–Kier alpha value is -2.18. The molecule has 0 aliphatic heterocycles. The fraction of sp³-hybridized carbons (Fsp3) is 0.455. The Morgan fingerprint density at radius 1 is 1.33 bits per heavy atom. The van der Waals surface area contributed by atoms with Crippen molar-refractivity contribution in [2.75, 3.05) is 19.0 Å². The molecule has 2 heterocycles. The Kier molecular flexibility index (Phi) is 3.71. The number of hydrogen-bond donors (Lipinski definition) is 1. The highest BCUT2D eigenvalue weighted by atomic mass is 16.5. The van der Waals surface area contributed by atoms with E-state index < -0.39 is 0 Å². The van der Waals surface area contributed by atoms with E-state index in [2.05, 4.69) is 25.4 Å². The van der Waals surface area contributed by atoms with Crippen LogP contribution in [-0.4, -0.2) is 33.8 Å². The number of aromatic nitrogens is 4. The Balaban J connectivity index is 1.94. The third kappa shape index (κ3) is 2.73. The van der Waals surface area contributed by atoms with E-state index >= 15 is 0 Å². The van der Waals surface area contributed by atoms with Gasteiger partial charge >= 0.3 is 0 Å². The summed E-state index contributed by atoms with van der Waals surface area (Å²) < 4.78 is 10.1. The first kappa shape index (κ1) is 12.3. The highest BCUT2D eigenvalue weighted by Gasteiger charge is 2.07. The Labute approximate surface area is 105 Å². The molecule has 0 saturated carbocycles. The molecule has 2 rings (SSSR count). The Morgan fingerprint density at radius 3 is 2.83 bits per heavy atom. The first-order valence-electron chi connectivity index (χ1n) is 5.59. The maximum absolute atomic E-state index is 5.12. The molecule has 7 nitrogen and oxygen atoms in total. The van der Waals surface area contributed by atoms with E-state index in [4.69, 9.17) is 9.26 Å². The van der Waals surface area contributed by atoms with Crippen molar-refractivity contribution in [1.29, 1.82) is 0 Å². The first-order valence-corrected chi connectivity index (χ1v) is 5.59. The van der Waals surface area contributed by atoms with Crippen molar-refractivity contribution < 1.29 is 9.26 Å². The van der Waals surface area contributed by atoms with Crippen LogP contribution in [0.15, 0.2) is 10.9 Å². The number of methoxy groups -OCH3 is 1. The zero-order valence-electron chi connectivity index (χ0n) is 10.6. The topological polar surface area (TPSA) is 86.0 Å². The minimum absolute atomic E-state index is 0.570. The average Bonchev–Trinajstić information content (AvgIpc) is 2.77. The molecule has 2 aromatic heterocycles. The van der Waals surface area contributed by atoms with E-state index in [1.165, 1.54) is 6.33 Å². The maximum atomic E-state index is 5.12. The lowest BCUT2D eigenvalue weighted by molar-refractivity contribution is 0.377. The summed E-state index contributed by atoms with van der Waals surface area (Å²) in [6.07, 6.45) is 2.11. The first-order chi connectivity index (χ1) is 8.70. The summed E-state index contributed by atoms with van der Waals surface area (Å²) in [6, 6.07) is 0. The van der Waals surface area contributed by atoms with Crippen LogP contribution >= 0.6 is 0 Å². The second kappa shape index (κ2) is 5.44. The van der Waals surface area contributed by atoms with Crippen LogP contribution in [0.2, 0.25) is 0 Å². The van der Waals surface area contributed by atoms with Gasteiger partial charge in [-0.05, 0) is 13.8 Å². The quantitative estimate of drug-likeness (QED) is 0.850. The van der Waals surface area contributed by atoms with Crippen LogP contribution in [0.25, 0.3) is 0 Å². The molecule has 0 fully saturated rings. The molecule has 2 aromatic rings. The van der Waals surface area contributed by atoms with Crippen LogP contribution in [0.1, 0.15) is 17.3 Å². The number of hydrogen-bond acceptors (Lipinski definition) is 7. The summed E-state index contributed by atoms with van der Waals surface area (Å²) in [5.74, 6) is 2.57. The maximum Gasteiger partial charge on any atom is 0.228 e. The van der Waals surface area contributed by atoms with Crippen molar-refractivity contribution in [3.05, 3.63) is 23.6 Å². The summed E-state index contributed by atoms with van der Waals surface area (Å²) in [5.41, 5.74) is 0.877. The van der Waals surface area contributed by atoms with Gasteiger partial charge in [0.25, 0.3) is 0 Å². The highest BCUT2D eigenvalue weighted by Crippen LogP contribution is 2.19. The fourth-order valence-electron chi connectivity index (χ4n) is 1.55. The van der Waals surface area contributed by atoms with Crippen molar-refractivity contribution >= 4 is 5.82 Å². The fourth-order valence-corrected chi connectivity index (χ4v) is 1.55. The number of aryl methyl sites for hydroxylation is 1. The second-order valence-electron chi connectivity index (χ2n) is 3.77. The van der Waals surface area contributed by atoms with Crippen molar-refractivity contribution in [1.82, 2.24) is 20.1 Å². The number of nitrogens with zero attached hydrogens (tertiary/aromatic N) is 4. The van der Waals surface area contributed by atoms with Crippen LogP contribution in [0.5, 0.6) is 5.88 Å². The van der Waals surface area contributed by atoms with Gasteiger partial charge in [-0.3, -0.25) is 0 Å². The van der Waals surface area contributed by atoms with Gasteiger partial charge in [0.1, 0.15) is 12.1 Å². The minimum Gasteiger partial charge on any atom is -0.481 e. The van der Waals surface area contributed by atoms with E-state index in [0.717, 1.165) is 11.4 Å². The lowest BCUT2D eigenvalue weighted by Gasteiger charge is -2.09. The molecule has 7 heteroatoms. The van der Waals surface area contributed by atoms with Gasteiger partial charge in [0, 0.05) is 13.0 Å². The molecule has 0 spiro atoms. The number of nitrogens with one attached hydrogen (secondary N) is 1. The SMILES string of the molecule is COc1ncnc(NCCc2nc(C)no2)c1C. The molecular weight excluding hydrogens is 234 g/mol. The molecule has 0 atom stereocenters. The van der Waals surface area contributed by atoms with Crippen LogP contribution in [0.4, 0.5) is 5.82 Å². The standard InChI is InChI=1S/C11H15N5O2/c1-7-10(13-6-14-11(7)17-3)12-5-4-9-15-8(2)16-18-9/h6H,4-5H2,1-3H3,(H,12,13,14). The van der Waals surface area contributed by atoms with Crippen molar-refractivity contribution in [2.24, 2.45) is 0 Å². The van der Waals surface area contributed by atoms with Crippen molar-refractivity contribution in [2.45, 2.75) is 20.3 Å². The molecular formula is C11H15N5O2. The second-order valence-corrected chi connectivity index (χ2v) is 3.77. The van der Waals surface area contributed by atoms with E-state index in [1.807, 2.05) is 6.92 Å². The Morgan fingerprint density at radius 2 is 2.17 bits per heavy atom. The van der Waals surface area contributed by atoms with E-state index in [-0.39, 0.29) is 0 Å². The molecule has 0 amide bonds. The van der Waals surface area contributed by atoms with Gasteiger partial charge in [0.15, 0.2) is 5.82 Å². The average molecular weight is 249 g/mol. The lowest BCUT2D eigenvalue weighted by atomic mass is 10.3. The van der Waals surface area contributed by atoms with Crippen LogP contribution < -0.4 is 10.1 Å². The number of ether oxygens (including phenoxy) is 1. The molecule has 18 heavy (non-hydrogen) atoms. The van der Waals surface area contributed by atoms with Crippen LogP contribution in [-0.2, 0) is 6.42 Å². The normalized spacial score (nSPS) is 10.4. The zero-order valence-corrected chi connectivity index (χ0v) is 10.6. The minimum atomic E-state index is 0.570. The van der Waals surface area contributed by atoms with Crippen molar-refractivity contribution in [3.8, 4) is 5.88 Å². The molecule has 0 unspecified atom stereocenters. The number of anilines is 1. The third-order valence-electron chi connectivity index (χ3n) is 2.43. The van der Waals surface area contributed by atoms with E-state index in [9.17, 15) is 0 Å². The third-order valence-corrected chi connectivity index (χ3v) is 2.43. The molecule has 0 bridgehead atoms. The summed E-state index contributed by atoms with van der Waals surface area (Å²) in [4.78, 5) is 12.3. The van der Waals surface area contributed by atoms with Crippen LogP contribution in [0.3, 0.4) is 0 Å². The summed E-state index contributed by atoms with van der Waals surface area (Å²) in [5, 5.41) is 6.91.